The highest BCUT2D eigenvalue weighted by atomic mass is 127. The first-order chi connectivity index (χ1) is 8.83. The second kappa shape index (κ2) is 8.38. The van der Waals surface area contributed by atoms with Crippen LogP contribution in [0.4, 0.5) is 13.2 Å². The Hall–Kier alpha value is -0.930. The minimum absolute atomic E-state index is 0. The molecule has 0 fully saturated rings. The maximum absolute atomic E-state index is 12.1. The first kappa shape index (κ1) is 19.1. The highest BCUT2D eigenvalue weighted by Gasteiger charge is 2.26. The van der Waals surface area contributed by atoms with E-state index in [4.69, 9.17) is 0 Å². The van der Waals surface area contributed by atoms with Crippen molar-refractivity contribution in [3.05, 3.63) is 24.0 Å². The van der Waals surface area contributed by atoms with E-state index in [1.165, 1.54) is 0 Å². The zero-order valence-electron chi connectivity index (χ0n) is 11.7. The van der Waals surface area contributed by atoms with Crippen LogP contribution in [0.3, 0.4) is 0 Å². The third-order valence-corrected chi connectivity index (χ3v) is 2.72. The van der Waals surface area contributed by atoms with E-state index in [2.05, 4.69) is 10.3 Å². The van der Waals surface area contributed by atoms with Gasteiger partial charge >= 0.3 is 6.18 Å². The molecule has 4 nitrogen and oxygen atoms in total. The van der Waals surface area contributed by atoms with Crippen LogP contribution in [0.15, 0.2) is 23.3 Å². The molecule has 0 aliphatic carbocycles. The van der Waals surface area contributed by atoms with Gasteiger partial charge in [-0.1, -0.05) is 0 Å². The van der Waals surface area contributed by atoms with Crippen molar-refractivity contribution in [1.29, 1.82) is 0 Å². The number of rotatable bonds is 4. The second-order valence-electron chi connectivity index (χ2n) is 4.31. The van der Waals surface area contributed by atoms with Crippen LogP contribution in [-0.4, -0.2) is 42.2 Å². The number of nitrogens with one attached hydrogen (secondary N) is 1. The lowest BCUT2D eigenvalue weighted by Crippen LogP contribution is -2.40. The molecule has 0 spiro atoms. The molecule has 1 heterocycles. The van der Waals surface area contributed by atoms with Crippen molar-refractivity contribution in [3.63, 3.8) is 0 Å². The Morgan fingerprint density at radius 2 is 2.10 bits per heavy atom. The monoisotopic (exact) mass is 404 g/mol. The third kappa shape index (κ3) is 6.49. The van der Waals surface area contributed by atoms with Crippen LogP contribution < -0.4 is 5.32 Å². The fourth-order valence-corrected chi connectivity index (χ4v) is 1.68. The van der Waals surface area contributed by atoms with Crippen molar-refractivity contribution in [2.45, 2.75) is 19.1 Å². The van der Waals surface area contributed by atoms with Crippen molar-refractivity contribution in [2.75, 3.05) is 20.6 Å². The number of aromatic nitrogens is 1. The molecule has 0 aliphatic rings. The number of alkyl halides is 3. The first-order valence-electron chi connectivity index (χ1n) is 5.92. The number of aryl methyl sites for hydroxylation is 1. The average molecular weight is 404 g/mol. The summed E-state index contributed by atoms with van der Waals surface area (Å²) in [6.45, 7) is 0.406. The van der Waals surface area contributed by atoms with Crippen LogP contribution in [0.25, 0.3) is 0 Å². The summed E-state index contributed by atoms with van der Waals surface area (Å²) in [7, 11) is 5.26. The van der Waals surface area contributed by atoms with Gasteiger partial charge in [-0.05, 0) is 12.1 Å². The van der Waals surface area contributed by atoms with Gasteiger partial charge < -0.3 is 14.8 Å². The van der Waals surface area contributed by atoms with E-state index in [-0.39, 0.29) is 30.5 Å². The Bertz CT molecular complexity index is 429. The minimum atomic E-state index is -4.15. The summed E-state index contributed by atoms with van der Waals surface area (Å²) in [5.74, 6) is 0.449. The van der Waals surface area contributed by atoms with Gasteiger partial charge in [0.1, 0.15) is 0 Å². The van der Waals surface area contributed by atoms with E-state index in [0.29, 0.717) is 12.5 Å². The summed E-state index contributed by atoms with van der Waals surface area (Å²) >= 11 is 0. The summed E-state index contributed by atoms with van der Waals surface area (Å²) < 4.78 is 38.2. The predicted molar refractivity (Wildman–Crippen MR) is 84.3 cm³/mol. The molecule has 1 N–H and O–H groups in total. The topological polar surface area (TPSA) is 32.6 Å². The molecule has 1 rings (SSSR count). The Morgan fingerprint density at radius 3 is 2.55 bits per heavy atom. The SMILES string of the molecule is CN=C(NCCC(F)(F)F)N(C)Cc1cccn1C.I. The minimum Gasteiger partial charge on any atom is -0.356 e. The van der Waals surface area contributed by atoms with Gasteiger partial charge in [0.2, 0.25) is 0 Å². The van der Waals surface area contributed by atoms with E-state index < -0.39 is 12.6 Å². The van der Waals surface area contributed by atoms with Crippen molar-refractivity contribution in [2.24, 2.45) is 12.0 Å². The fourth-order valence-electron chi connectivity index (χ4n) is 1.68. The summed E-state index contributed by atoms with van der Waals surface area (Å²) in [4.78, 5) is 5.76. The zero-order valence-corrected chi connectivity index (χ0v) is 14.1. The summed E-state index contributed by atoms with van der Waals surface area (Å²) in [5.41, 5.74) is 1.06. The molecule has 8 heteroatoms. The Balaban J connectivity index is 0.00000361. The molecule has 1 aromatic rings. The molecule has 0 saturated carbocycles. The molecule has 0 radical (unpaired) electrons. The number of nitrogens with zero attached hydrogens (tertiary/aromatic N) is 3. The quantitative estimate of drug-likeness (QED) is 0.476. The van der Waals surface area contributed by atoms with Gasteiger partial charge in [-0.15, -0.1) is 24.0 Å². The van der Waals surface area contributed by atoms with Gasteiger partial charge in [-0.3, -0.25) is 4.99 Å². The molecule has 0 atom stereocenters. The number of halogens is 4. The molecule has 0 aromatic carbocycles. The number of guanidine groups is 1. The number of hydrogen-bond acceptors (Lipinski definition) is 1. The smallest absolute Gasteiger partial charge is 0.356 e. The highest BCUT2D eigenvalue weighted by molar-refractivity contribution is 14.0. The lowest BCUT2D eigenvalue weighted by atomic mass is 10.4. The predicted octanol–water partition coefficient (Wildman–Crippen LogP) is 2.60. The average Bonchev–Trinajstić information content (AvgIpc) is 2.69. The molecule has 0 amide bonds. The molecule has 0 bridgehead atoms. The summed E-state index contributed by atoms with van der Waals surface area (Å²) in [6, 6.07) is 3.88. The van der Waals surface area contributed by atoms with Gasteiger partial charge in [0.15, 0.2) is 5.96 Å². The van der Waals surface area contributed by atoms with Crippen molar-refractivity contribution < 1.29 is 13.2 Å². The summed E-state index contributed by atoms with van der Waals surface area (Å²) in [5, 5.41) is 2.70. The zero-order chi connectivity index (χ0) is 14.5. The Kier molecular flexibility index (Phi) is 7.99. The Morgan fingerprint density at radius 1 is 1.45 bits per heavy atom. The standard InChI is InChI=1S/C12H19F3N4.HI/c1-16-11(17-7-6-12(13,14)15)19(3)9-10-5-4-8-18(10)2;/h4-5,8H,6-7,9H2,1-3H3,(H,16,17);1H. The number of aliphatic imine (C=N–C) groups is 1. The van der Waals surface area contributed by atoms with Crippen LogP contribution in [-0.2, 0) is 13.6 Å². The highest BCUT2D eigenvalue weighted by Crippen LogP contribution is 2.18. The van der Waals surface area contributed by atoms with E-state index in [1.54, 1.807) is 19.0 Å². The van der Waals surface area contributed by atoms with E-state index in [0.717, 1.165) is 5.69 Å². The lowest BCUT2D eigenvalue weighted by Gasteiger charge is -2.22. The fraction of sp³-hybridized carbons (Fsp3) is 0.583. The van der Waals surface area contributed by atoms with Gasteiger partial charge in [0, 0.05) is 39.6 Å². The normalized spacial score (nSPS) is 12.0. The van der Waals surface area contributed by atoms with Crippen LogP contribution in [0, 0.1) is 0 Å². The molecule has 1 aromatic heterocycles. The lowest BCUT2D eigenvalue weighted by molar-refractivity contribution is -0.132. The van der Waals surface area contributed by atoms with E-state index in [1.807, 2.05) is 29.9 Å². The molecular formula is C12H20F3IN4. The van der Waals surface area contributed by atoms with Crippen LogP contribution in [0.1, 0.15) is 12.1 Å². The van der Waals surface area contributed by atoms with Gasteiger partial charge in [-0.25, -0.2) is 0 Å². The van der Waals surface area contributed by atoms with Crippen molar-refractivity contribution in [1.82, 2.24) is 14.8 Å². The maximum atomic E-state index is 12.1. The first-order valence-corrected chi connectivity index (χ1v) is 5.92. The molecule has 20 heavy (non-hydrogen) atoms. The van der Waals surface area contributed by atoms with Gasteiger partial charge in [-0.2, -0.15) is 13.2 Å². The van der Waals surface area contributed by atoms with Crippen molar-refractivity contribution >= 4 is 29.9 Å². The van der Waals surface area contributed by atoms with Crippen LogP contribution in [0.2, 0.25) is 0 Å². The van der Waals surface area contributed by atoms with Crippen LogP contribution >= 0.6 is 24.0 Å². The second-order valence-corrected chi connectivity index (χ2v) is 4.31. The number of hydrogen-bond donors (Lipinski definition) is 1. The maximum Gasteiger partial charge on any atom is 0.390 e. The Labute approximate surface area is 134 Å². The molecule has 0 saturated heterocycles. The molecule has 0 unspecified atom stereocenters. The molecular weight excluding hydrogens is 384 g/mol. The molecule has 116 valence electrons. The largest absolute Gasteiger partial charge is 0.390 e. The van der Waals surface area contributed by atoms with Crippen LogP contribution in [0.5, 0.6) is 0 Å². The molecule has 0 aliphatic heterocycles. The van der Waals surface area contributed by atoms with Gasteiger partial charge in [0.25, 0.3) is 0 Å². The van der Waals surface area contributed by atoms with Crippen molar-refractivity contribution in [3.8, 4) is 0 Å². The summed E-state index contributed by atoms with van der Waals surface area (Å²) in [6.07, 6.45) is -3.10. The third-order valence-electron chi connectivity index (χ3n) is 2.72. The van der Waals surface area contributed by atoms with E-state index >= 15 is 0 Å². The van der Waals surface area contributed by atoms with E-state index in [9.17, 15) is 13.2 Å². The van der Waals surface area contributed by atoms with Gasteiger partial charge in [0.05, 0.1) is 13.0 Å².